The maximum atomic E-state index is 12.3. The molecule has 1 aliphatic heterocycles. The normalized spacial score (nSPS) is 19.2. The van der Waals surface area contributed by atoms with Crippen LogP contribution in [0.2, 0.25) is 5.02 Å². The molecule has 0 saturated carbocycles. The zero-order valence-corrected chi connectivity index (χ0v) is 17.4. The summed E-state index contributed by atoms with van der Waals surface area (Å²) in [6.07, 6.45) is 0. The molecule has 0 spiro atoms. The maximum Gasteiger partial charge on any atom is 0.279 e. The lowest BCUT2D eigenvalue weighted by atomic mass is 10.1. The highest BCUT2D eigenvalue weighted by molar-refractivity contribution is 6.33. The molecule has 2 aromatic rings. The van der Waals surface area contributed by atoms with E-state index >= 15 is 0 Å². The van der Waals surface area contributed by atoms with E-state index < -0.39 is 0 Å². The van der Waals surface area contributed by atoms with E-state index in [1.807, 2.05) is 18.2 Å². The van der Waals surface area contributed by atoms with Gasteiger partial charge in [-0.2, -0.15) is 0 Å². The Balaban J connectivity index is 1.36. The van der Waals surface area contributed by atoms with E-state index in [0.29, 0.717) is 17.3 Å². The van der Waals surface area contributed by atoms with Crippen LogP contribution in [0.25, 0.3) is 0 Å². The highest BCUT2D eigenvalue weighted by atomic mass is 35.5. The maximum absolute atomic E-state index is 12.3. The number of halogens is 1. The third kappa shape index (κ3) is 6.23. The summed E-state index contributed by atoms with van der Waals surface area (Å²) >= 11 is 6.10. The zero-order valence-electron chi connectivity index (χ0n) is 16.7. The van der Waals surface area contributed by atoms with Gasteiger partial charge >= 0.3 is 0 Å². The zero-order chi connectivity index (χ0) is 19.9. The van der Waals surface area contributed by atoms with Gasteiger partial charge in [-0.25, -0.2) is 0 Å². The smallest absolute Gasteiger partial charge is 0.279 e. The van der Waals surface area contributed by atoms with Crippen LogP contribution in [0, 0.1) is 13.8 Å². The Kier molecular flexibility index (Phi) is 7.31. The van der Waals surface area contributed by atoms with E-state index in [9.17, 15) is 4.79 Å². The highest BCUT2D eigenvalue weighted by Crippen LogP contribution is 2.20. The van der Waals surface area contributed by atoms with Gasteiger partial charge in [0.25, 0.3) is 5.91 Å². The average Bonchev–Trinajstić information content (AvgIpc) is 2.64. The van der Waals surface area contributed by atoms with Crippen LogP contribution < -0.4 is 19.9 Å². The van der Waals surface area contributed by atoms with Crippen LogP contribution in [0.1, 0.15) is 11.1 Å². The van der Waals surface area contributed by atoms with Gasteiger partial charge in [-0.15, -0.1) is 0 Å². The number of aryl methyl sites for hydroxylation is 2. The number of carbonyl (C=O) groups is 1. The molecule has 6 heteroatoms. The van der Waals surface area contributed by atoms with Crippen molar-refractivity contribution >= 4 is 23.2 Å². The summed E-state index contributed by atoms with van der Waals surface area (Å²) in [6.45, 7) is 10.5. The van der Waals surface area contributed by atoms with Gasteiger partial charge in [0.2, 0.25) is 0 Å². The van der Waals surface area contributed by atoms with Crippen LogP contribution in [-0.4, -0.2) is 51.8 Å². The molecule has 0 aromatic heterocycles. The third-order valence-corrected chi connectivity index (χ3v) is 5.47. The molecular formula is C22H30ClN3O2+2. The largest absolute Gasteiger partial charge is 0.488 e. The number of rotatable bonds is 7. The molecule has 3 rings (SSSR count). The first-order valence-corrected chi connectivity index (χ1v) is 10.3. The third-order valence-electron chi connectivity index (χ3n) is 5.14. The molecule has 1 aliphatic rings. The predicted octanol–water partition coefficient (Wildman–Crippen LogP) is 0.758. The average molecular weight is 404 g/mol. The number of para-hydroxylation sites is 1. The molecule has 150 valence electrons. The van der Waals surface area contributed by atoms with Crippen molar-refractivity contribution in [2.45, 2.75) is 13.8 Å². The van der Waals surface area contributed by atoms with E-state index in [4.69, 9.17) is 16.3 Å². The Morgan fingerprint density at radius 1 is 1.04 bits per heavy atom. The van der Waals surface area contributed by atoms with Gasteiger partial charge in [0.05, 0.1) is 10.7 Å². The number of hydrogen-bond acceptors (Lipinski definition) is 2. The molecule has 5 nitrogen and oxygen atoms in total. The van der Waals surface area contributed by atoms with Crippen LogP contribution in [0.4, 0.5) is 5.69 Å². The van der Waals surface area contributed by atoms with Gasteiger partial charge in [0.15, 0.2) is 6.54 Å². The number of nitrogens with one attached hydrogen (secondary N) is 3. The number of benzene rings is 2. The van der Waals surface area contributed by atoms with Gasteiger partial charge in [-0.1, -0.05) is 29.8 Å². The van der Waals surface area contributed by atoms with Gasteiger partial charge in [-0.3, -0.25) is 4.79 Å². The van der Waals surface area contributed by atoms with Crippen molar-refractivity contribution in [2.24, 2.45) is 0 Å². The minimum absolute atomic E-state index is 0.0182. The van der Waals surface area contributed by atoms with Gasteiger partial charge in [0, 0.05) is 0 Å². The van der Waals surface area contributed by atoms with Crippen LogP contribution >= 0.6 is 11.6 Å². The molecule has 2 aromatic carbocycles. The Labute approximate surface area is 172 Å². The lowest BCUT2D eigenvalue weighted by molar-refractivity contribution is -1.01. The van der Waals surface area contributed by atoms with Crippen molar-refractivity contribution in [2.75, 3.05) is 51.2 Å². The van der Waals surface area contributed by atoms with E-state index in [1.54, 1.807) is 11.0 Å². The first-order valence-electron chi connectivity index (χ1n) is 9.92. The van der Waals surface area contributed by atoms with Gasteiger partial charge in [-0.05, 0) is 49.2 Å². The Hall–Kier alpha value is -2.08. The quantitative estimate of drug-likeness (QED) is 0.639. The number of amides is 1. The molecule has 0 aliphatic carbocycles. The Morgan fingerprint density at radius 3 is 2.36 bits per heavy atom. The Morgan fingerprint density at radius 2 is 1.68 bits per heavy atom. The number of hydrogen-bond donors (Lipinski definition) is 3. The van der Waals surface area contributed by atoms with E-state index in [2.05, 4.69) is 37.4 Å². The highest BCUT2D eigenvalue weighted by Gasteiger charge is 2.24. The van der Waals surface area contributed by atoms with Crippen molar-refractivity contribution in [1.29, 1.82) is 0 Å². The first kappa shape index (κ1) is 20.6. The molecule has 0 radical (unpaired) electrons. The van der Waals surface area contributed by atoms with Crippen LogP contribution in [0.3, 0.4) is 0 Å². The fourth-order valence-electron chi connectivity index (χ4n) is 3.70. The lowest BCUT2D eigenvalue weighted by Crippen LogP contribution is -3.28. The molecule has 1 heterocycles. The van der Waals surface area contributed by atoms with Crippen molar-refractivity contribution < 1.29 is 19.3 Å². The standard InChI is InChI=1S/C22H28ClN3O2/c1-17-13-18(2)15-19(14-17)28-12-11-25-7-9-26(10-8-25)16-22(27)24-21-6-4-3-5-20(21)23/h3-6,13-15H,7-12,16H2,1-2H3,(H,24,27)/p+2. The molecule has 1 amide bonds. The number of carbonyl (C=O) groups excluding carboxylic acids is 1. The second-order valence-corrected chi connectivity index (χ2v) is 8.03. The fraction of sp³-hybridized carbons (Fsp3) is 0.409. The molecule has 3 N–H and O–H groups in total. The first-order chi connectivity index (χ1) is 13.5. The van der Waals surface area contributed by atoms with Crippen LogP contribution in [0.5, 0.6) is 5.75 Å². The van der Waals surface area contributed by atoms with E-state index in [-0.39, 0.29) is 5.91 Å². The molecule has 1 fully saturated rings. The molecular weight excluding hydrogens is 374 g/mol. The second-order valence-electron chi connectivity index (χ2n) is 7.63. The molecule has 0 bridgehead atoms. The minimum atomic E-state index is 0.0182. The van der Waals surface area contributed by atoms with Crippen LogP contribution in [0.15, 0.2) is 42.5 Å². The number of anilines is 1. The minimum Gasteiger partial charge on any atom is -0.488 e. The Bertz CT molecular complexity index is 784. The summed E-state index contributed by atoms with van der Waals surface area (Å²) < 4.78 is 5.94. The number of ether oxygens (including phenoxy) is 1. The monoisotopic (exact) mass is 403 g/mol. The van der Waals surface area contributed by atoms with Crippen molar-refractivity contribution in [3.63, 3.8) is 0 Å². The summed E-state index contributed by atoms with van der Waals surface area (Å²) in [5.41, 5.74) is 3.14. The van der Waals surface area contributed by atoms with Crippen molar-refractivity contribution in [1.82, 2.24) is 0 Å². The summed E-state index contributed by atoms with van der Waals surface area (Å²) in [5.74, 6) is 0.974. The summed E-state index contributed by atoms with van der Waals surface area (Å²) in [4.78, 5) is 15.1. The number of piperazine rings is 1. The van der Waals surface area contributed by atoms with Crippen molar-refractivity contribution in [3.05, 3.63) is 58.6 Å². The summed E-state index contributed by atoms with van der Waals surface area (Å²) in [7, 11) is 0. The summed E-state index contributed by atoms with van der Waals surface area (Å²) in [5, 5.41) is 3.48. The lowest BCUT2D eigenvalue weighted by Gasteiger charge is -2.29. The number of quaternary nitrogens is 2. The molecule has 28 heavy (non-hydrogen) atoms. The van der Waals surface area contributed by atoms with Gasteiger partial charge < -0.3 is 19.9 Å². The second kappa shape index (κ2) is 9.92. The van der Waals surface area contributed by atoms with Crippen molar-refractivity contribution in [3.8, 4) is 5.75 Å². The molecule has 0 atom stereocenters. The SMILES string of the molecule is Cc1cc(C)cc(OCC[NH+]2CC[NH+](CC(=O)Nc3ccccc3Cl)CC2)c1. The summed E-state index contributed by atoms with van der Waals surface area (Å²) in [6, 6.07) is 13.7. The van der Waals surface area contributed by atoms with E-state index in [0.717, 1.165) is 45.1 Å². The fourth-order valence-corrected chi connectivity index (χ4v) is 3.88. The molecule has 1 saturated heterocycles. The van der Waals surface area contributed by atoms with Crippen LogP contribution in [-0.2, 0) is 4.79 Å². The van der Waals surface area contributed by atoms with Gasteiger partial charge in [0.1, 0.15) is 45.1 Å². The predicted molar refractivity (Wildman–Crippen MR) is 113 cm³/mol. The molecule has 0 unspecified atom stereocenters. The van der Waals surface area contributed by atoms with E-state index in [1.165, 1.54) is 16.0 Å². The topological polar surface area (TPSA) is 47.2 Å².